The maximum Gasteiger partial charge on any atom is 0.252 e. The third-order valence-corrected chi connectivity index (χ3v) is 2.48. The first-order valence-corrected chi connectivity index (χ1v) is 6.12. The highest BCUT2D eigenvalue weighted by Crippen LogP contribution is 2.04. The van der Waals surface area contributed by atoms with Gasteiger partial charge in [-0.15, -0.1) is 5.10 Å². The molecule has 0 aliphatic heterocycles. The summed E-state index contributed by atoms with van der Waals surface area (Å²) in [5.74, 6) is 0.623. The normalized spacial score (nSPS) is 10.2. The van der Waals surface area contributed by atoms with Gasteiger partial charge in [0.25, 0.3) is 5.91 Å². The Labute approximate surface area is 111 Å². The van der Waals surface area contributed by atoms with Crippen LogP contribution in [0.4, 0.5) is 5.82 Å². The van der Waals surface area contributed by atoms with Gasteiger partial charge < -0.3 is 10.6 Å². The van der Waals surface area contributed by atoms with Gasteiger partial charge in [-0.25, -0.2) is 4.98 Å². The molecule has 0 radical (unpaired) electrons. The van der Waals surface area contributed by atoms with Crippen molar-refractivity contribution >= 4 is 11.7 Å². The Hall–Kier alpha value is -2.44. The Morgan fingerprint density at radius 1 is 1.42 bits per heavy atom. The minimum absolute atomic E-state index is 0.107. The molecule has 2 N–H and O–H groups in total. The maximum atomic E-state index is 11.5. The van der Waals surface area contributed by atoms with Crippen molar-refractivity contribution in [1.29, 1.82) is 0 Å². The molecule has 0 atom stereocenters. The van der Waals surface area contributed by atoms with Crippen LogP contribution in [-0.4, -0.2) is 39.0 Å². The molecule has 0 aliphatic rings. The molecule has 2 aromatic heterocycles. The predicted octanol–water partition coefficient (Wildman–Crippen LogP) is 0.535. The molecular formula is C12H16N6O. The highest BCUT2D eigenvalue weighted by atomic mass is 16.1. The number of carbonyl (C=O) groups is 1. The Morgan fingerprint density at radius 3 is 2.95 bits per heavy atom. The van der Waals surface area contributed by atoms with Crippen LogP contribution in [0.15, 0.2) is 30.7 Å². The van der Waals surface area contributed by atoms with E-state index in [1.54, 1.807) is 35.4 Å². The topological polar surface area (TPSA) is 84.7 Å². The van der Waals surface area contributed by atoms with E-state index in [9.17, 15) is 4.79 Å². The fraction of sp³-hybridized carbons (Fsp3) is 0.333. The summed E-state index contributed by atoms with van der Waals surface area (Å²) in [6.45, 7) is 3.89. The van der Waals surface area contributed by atoms with E-state index in [4.69, 9.17) is 0 Å². The monoisotopic (exact) mass is 260 g/mol. The molecule has 100 valence electrons. The molecule has 7 heteroatoms. The molecule has 0 bridgehead atoms. The molecule has 0 saturated heterocycles. The van der Waals surface area contributed by atoms with Crippen molar-refractivity contribution in [2.75, 3.05) is 18.4 Å². The standard InChI is InChI=1S/C12H16N6O/c1-2-13-12(19)10-3-4-11(15-9-10)14-5-7-18-8-6-16-17-18/h3-4,6,8-9H,2,5,7H2,1H3,(H,13,19)(H,14,15). The van der Waals surface area contributed by atoms with Gasteiger partial charge in [-0.3, -0.25) is 9.48 Å². The van der Waals surface area contributed by atoms with Gasteiger partial charge in [0, 0.05) is 25.5 Å². The lowest BCUT2D eigenvalue weighted by molar-refractivity contribution is 0.0955. The third kappa shape index (κ3) is 3.77. The molecule has 0 saturated carbocycles. The van der Waals surface area contributed by atoms with Gasteiger partial charge in [0.2, 0.25) is 0 Å². The smallest absolute Gasteiger partial charge is 0.252 e. The zero-order valence-electron chi connectivity index (χ0n) is 10.7. The summed E-state index contributed by atoms with van der Waals surface area (Å²) in [4.78, 5) is 15.7. The van der Waals surface area contributed by atoms with Gasteiger partial charge in [0.15, 0.2) is 0 Å². The van der Waals surface area contributed by atoms with Crippen molar-refractivity contribution in [3.63, 3.8) is 0 Å². The van der Waals surface area contributed by atoms with Crippen LogP contribution in [0, 0.1) is 0 Å². The molecule has 1 amide bonds. The van der Waals surface area contributed by atoms with E-state index >= 15 is 0 Å². The predicted molar refractivity (Wildman–Crippen MR) is 70.8 cm³/mol. The molecule has 0 unspecified atom stereocenters. The number of hydrogen-bond acceptors (Lipinski definition) is 5. The Morgan fingerprint density at radius 2 is 2.32 bits per heavy atom. The molecule has 0 aliphatic carbocycles. The number of aromatic nitrogens is 4. The van der Waals surface area contributed by atoms with Crippen LogP contribution < -0.4 is 10.6 Å². The van der Waals surface area contributed by atoms with Gasteiger partial charge in [-0.2, -0.15) is 0 Å². The van der Waals surface area contributed by atoms with E-state index in [1.165, 1.54) is 0 Å². The number of amides is 1. The van der Waals surface area contributed by atoms with Crippen molar-refractivity contribution in [3.8, 4) is 0 Å². The van der Waals surface area contributed by atoms with Gasteiger partial charge in [0.1, 0.15) is 5.82 Å². The number of nitrogens with one attached hydrogen (secondary N) is 2. The van der Waals surface area contributed by atoms with Gasteiger partial charge in [0.05, 0.1) is 18.3 Å². The van der Waals surface area contributed by atoms with Gasteiger partial charge >= 0.3 is 0 Å². The largest absolute Gasteiger partial charge is 0.368 e. The van der Waals surface area contributed by atoms with Crippen molar-refractivity contribution in [2.24, 2.45) is 0 Å². The van der Waals surface area contributed by atoms with Crippen LogP contribution in [0.5, 0.6) is 0 Å². The van der Waals surface area contributed by atoms with E-state index in [0.29, 0.717) is 25.2 Å². The molecule has 7 nitrogen and oxygen atoms in total. The molecule has 0 fully saturated rings. The number of rotatable bonds is 6. The highest BCUT2D eigenvalue weighted by Gasteiger charge is 2.04. The number of nitrogens with zero attached hydrogens (tertiary/aromatic N) is 4. The molecule has 2 aromatic rings. The lowest BCUT2D eigenvalue weighted by Crippen LogP contribution is -2.22. The van der Waals surface area contributed by atoms with E-state index in [-0.39, 0.29) is 5.91 Å². The Kier molecular flexibility index (Phi) is 4.44. The minimum Gasteiger partial charge on any atom is -0.368 e. The average molecular weight is 260 g/mol. The summed E-state index contributed by atoms with van der Waals surface area (Å²) in [6, 6.07) is 3.53. The zero-order chi connectivity index (χ0) is 13.5. The number of anilines is 1. The fourth-order valence-electron chi connectivity index (χ4n) is 1.55. The summed E-state index contributed by atoms with van der Waals surface area (Å²) in [6.07, 6.45) is 5.00. The second-order valence-electron chi connectivity index (χ2n) is 3.88. The number of hydrogen-bond donors (Lipinski definition) is 2. The van der Waals surface area contributed by atoms with E-state index in [0.717, 1.165) is 5.82 Å². The van der Waals surface area contributed by atoms with Crippen LogP contribution in [0.2, 0.25) is 0 Å². The Balaban J connectivity index is 1.83. The molecule has 0 spiro atoms. The number of pyridine rings is 1. The second-order valence-corrected chi connectivity index (χ2v) is 3.88. The van der Waals surface area contributed by atoms with Crippen LogP contribution in [0.1, 0.15) is 17.3 Å². The maximum absolute atomic E-state index is 11.5. The summed E-state index contributed by atoms with van der Waals surface area (Å²) in [5.41, 5.74) is 0.559. The average Bonchev–Trinajstić information content (AvgIpc) is 2.93. The molecule has 0 aromatic carbocycles. The molecular weight excluding hydrogens is 244 g/mol. The lowest BCUT2D eigenvalue weighted by atomic mass is 10.2. The quantitative estimate of drug-likeness (QED) is 0.791. The number of carbonyl (C=O) groups excluding carboxylic acids is 1. The first-order chi connectivity index (χ1) is 9.29. The third-order valence-electron chi connectivity index (χ3n) is 2.48. The summed E-state index contributed by atoms with van der Waals surface area (Å²) < 4.78 is 1.73. The SMILES string of the molecule is CCNC(=O)c1ccc(NCCn2ccnn2)nc1. The zero-order valence-corrected chi connectivity index (χ0v) is 10.7. The molecule has 2 rings (SSSR count). The van der Waals surface area contributed by atoms with Crippen molar-refractivity contribution in [3.05, 3.63) is 36.3 Å². The second kappa shape index (κ2) is 6.48. The summed E-state index contributed by atoms with van der Waals surface area (Å²) >= 11 is 0. The first-order valence-electron chi connectivity index (χ1n) is 6.12. The van der Waals surface area contributed by atoms with Crippen molar-refractivity contribution in [2.45, 2.75) is 13.5 Å². The van der Waals surface area contributed by atoms with E-state index in [2.05, 4.69) is 25.9 Å². The first kappa shape index (κ1) is 13.0. The summed E-state index contributed by atoms with van der Waals surface area (Å²) in [7, 11) is 0. The van der Waals surface area contributed by atoms with Crippen LogP contribution in [0.25, 0.3) is 0 Å². The van der Waals surface area contributed by atoms with Crippen LogP contribution in [-0.2, 0) is 6.54 Å². The highest BCUT2D eigenvalue weighted by molar-refractivity contribution is 5.93. The molecule has 19 heavy (non-hydrogen) atoms. The van der Waals surface area contributed by atoms with Crippen molar-refractivity contribution < 1.29 is 4.79 Å². The van der Waals surface area contributed by atoms with E-state index < -0.39 is 0 Å². The minimum atomic E-state index is -0.107. The van der Waals surface area contributed by atoms with E-state index in [1.807, 2.05) is 6.92 Å². The fourth-order valence-corrected chi connectivity index (χ4v) is 1.55. The Bertz CT molecular complexity index is 508. The summed E-state index contributed by atoms with van der Waals surface area (Å²) in [5, 5.41) is 13.5. The lowest BCUT2D eigenvalue weighted by Gasteiger charge is -2.06. The van der Waals surface area contributed by atoms with Crippen LogP contribution in [0.3, 0.4) is 0 Å². The molecule has 2 heterocycles. The van der Waals surface area contributed by atoms with Crippen molar-refractivity contribution in [1.82, 2.24) is 25.3 Å². The van der Waals surface area contributed by atoms with Gasteiger partial charge in [-0.05, 0) is 19.1 Å². The van der Waals surface area contributed by atoms with Gasteiger partial charge in [-0.1, -0.05) is 5.21 Å². The van der Waals surface area contributed by atoms with Crippen LogP contribution >= 0.6 is 0 Å².